The summed E-state index contributed by atoms with van der Waals surface area (Å²) in [7, 11) is -3.29. The molecule has 0 amide bonds. The minimum absolute atomic E-state index is 0.0451. The summed E-state index contributed by atoms with van der Waals surface area (Å²) in [6.07, 6.45) is 3.38. The number of sulfone groups is 1. The second kappa shape index (κ2) is 6.13. The van der Waals surface area contributed by atoms with Crippen LogP contribution in [0.5, 0.6) is 5.75 Å². The Morgan fingerprint density at radius 1 is 1.24 bits per heavy atom. The number of nitrogens with zero attached hydrogens (tertiary/aromatic N) is 1. The number of anilines is 1. The van der Waals surface area contributed by atoms with Gasteiger partial charge in [-0.25, -0.2) is 13.4 Å². The van der Waals surface area contributed by atoms with Crippen molar-refractivity contribution in [3.8, 4) is 5.75 Å². The quantitative estimate of drug-likeness (QED) is 0.888. The van der Waals surface area contributed by atoms with Gasteiger partial charge in [-0.15, -0.1) is 0 Å². The second-order valence-electron chi connectivity index (χ2n) is 4.82. The maximum Gasteiger partial charge on any atom is 0.192 e. The molecule has 112 valence electrons. The van der Waals surface area contributed by atoms with E-state index < -0.39 is 9.84 Å². The second-order valence-corrected chi connectivity index (χ2v) is 6.78. The van der Waals surface area contributed by atoms with Crippen LogP contribution in [0.2, 0.25) is 0 Å². The highest BCUT2D eigenvalue weighted by molar-refractivity contribution is 7.90. The standard InChI is InChI=1S/C15H18N2O3S/c1-3-13(12-6-4-5-7-14(12)18)17-11-8-9-15(16-10-11)21(2,19)20/h4-10,13,17-18H,3H2,1-2H3. The van der Waals surface area contributed by atoms with Gasteiger partial charge in [0.2, 0.25) is 0 Å². The summed E-state index contributed by atoms with van der Waals surface area (Å²) in [5, 5.41) is 13.2. The van der Waals surface area contributed by atoms with E-state index in [4.69, 9.17) is 0 Å². The molecule has 0 fully saturated rings. The van der Waals surface area contributed by atoms with Gasteiger partial charge in [-0.05, 0) is 24.6 Å². The molecule has 0 saturated heterocycles. The topological polar surface area (TPSA) is 79.3 Å². The molecule has 2 aromatic rings. The van der Waals surface area contributed by atoms with E-state index in [0.29, 0.717) is 5.69 Å². The summed E-state index contributed by atoms with van der Waals surface area (Å²) in [6, 6.07) is 10.2. The number of pyridine rings is 1. The van der Waals surface area contributed by atoms with Gasteiger partial charge in [0.1, 0.15) is 5.75 Å². The molecule has 5 nitrogen and oxygen atoms in total. The van der Waals surface area contributed by atoms with Gasteiger partial charge in [0.05, 0.1) is 17.9 Å². The molecular weight excluding hydrogens is 288 g/mol. The van der Waals surface area contributed by atoms with Gasteiger partial charge in [0.25, 0.3) is 0 Å². The van der Waals surface area contributed by atoms with Crippen LogP contribution in [-0.2, 0) is 9.84 Å². The zero-order valence-electron chi connectivity index (χ0n) is 11.9. The third-order valence-electron chi connectivity index (χ3n) is 3.18. The Morgan fingerprint density at radius 3 is 2.48 bits per heavy atom. The molecule has 2 rings (SSSR count). The number of benzene rings is 1. The largest absolute Gasteiger partial charge is 0.508 e. The molecule has 0 saturated carbocycles. The van der Waals surface area contributed by atoms with Crippen molar-refractivity contribution in [1.82, 2.24) is 4.98 Å². The average Bonchev–Trinajstić information content (AvgIpc) is 2.45. The molecule has 1 heterocycles. The lowest BCUT2D eigenvalue weighted by molar-refractivity contribution is 0.463. The van der Waals surface area contributed by atoms with E-state index in [1.54, 1.807) is 18.2 Å². The fraction of sp³-hybridized carbons (Fsp3) is 0.267. The van der Waals surface area contributed by atoms with Gasteiger partial charge >= 0.3 is 0 Å². The first-order chi connectivity index (χ1) is 9.91. The Labute approximate surface area is 124 Å². The summed E-state index contributed by atoms with van der Waals surface area (Å²) in [5.74, 6) is 0.234. The van der Waals surface area contributed by atoms with E-state index in [0.717, 1.165) is 18.2 Å². The molecule has 1 atom stereocenters. The fourth-order valence-corrected chi connectivity index (χ4v) is 2.63. The highest BCUT2D eigenvalue weighted by atomic mass is 32.2. The van der Waals surface area contributed by atoms with E-state index in [1.807, 2.05) is 19.1 Å². The molecular formula is C15H18N2O3S. The van der Waals surface area contributed by atoms with Crippen LogP contribution in [0.1, 0.15) is 24.9 Å². The van der Waals surface area contributed by atoms with E-state index >= 15 is 0 Å². The van der Waals surface area contributed by atoms with E-state index in [1.165, 1.54) is 12.3 Å². The van der Waals surface area contributed by atoms with Crippen molar-refractivity contribution < 1.29 is 13.5 Å². The number of hydrogen-bond acceptors (Lipinski definition) is 5. The van der Waals surface area contributed by atoms with Gasteiger partial charge in [-0.3, -0.25) is 0 Å². The van der Waals surface area contributed by atoms with Crippen LogP contribution in [0.15, 0.2) is 47.6 Å². The normalized spacial score (nSPS) is 12.9. The van der Waals surface area contributed by atoms with E-state index in [-0.39, 0.29) is 16.8 Å². The number of aromatic hydroxyl groups is 1. The zero-order chi connectivity index (χ0) is 15.5. The van der Waals surface area contributed by atoms with Crippen LogP contribution in [0.25, 0.3) is 0 Å². The molecule has 21 heavy (non-hydrogen) atoms. The number of para-hydroxylation sites is 1. The maximum absolute atomic E-state index is 11.4. The number of rotatable bonds is 5. The summed E-state index contributed by atoms with van der Waals surface area (Å²) in [6.45, 7) is 2.00. The van der Waals surface area contributed by atoms with Crippen LogP contribution in [0, 0.1) is 0 Å². The summed E-state index contributed by atoms with van der Waals surface area (Å²) < 4.78 is 22.7. The Bertz CT molecular complexity index is 712. The monoisotopic (exact) mass is 306 g/mol. The number of aromatic nitrogens is 1. The highest BCUT2D eigenvalue weighted by Crippen LogP contribution is 2.29. The van der Waals surface area contributed by atoms with Crippen LogP contribution in [0.4, 0.5) is 5.69 Å². The summed E-state index contributed by atoms with van der Waals surface area (Å²) in [5.41, 5.74) is 1.50. The lowest BCUT2D eigenvalue weighted by atomic mass is 10.0. The smallest absolute Gasteiger partial charge is 0.192 e. The third kappa shape index (κ3) is 3.72. The highest BCUT2D eigenvalue weighted by Gasteiger charge is 2.14. The van der Waals surface area contributed by atoms with Crippen LogP contribution in [0.3, 0.4) is 0 Å². The predicted molar refractivity (Wildman–Crippen MR) is 82.1 cm³/mol. The minimum Gasteiger partial charge on any atom is -0.508 e. The number of phenols is 1. The molecule has 1 aromatic heterocycles. The molecule has 0 aliphatic heterocycles. The van der Waals surface area contributed by atoms with Crippen molar-refractivity contribution in [2.75, 3.05) is 11.6 Å². The Balaban J connectivity index is 2.22. The third-order valence-corrected chi connectivity index (χ3v) is 4.18. The van der Waals surface area contributed by atoms with E-state index in [9.17, 15) is 13.5 Å². The van der Waals surface area contributed by atoms with Crippen molar-refractivity contribution in [2.24, 2.45) is 0 Å². The predicted octanol–water partition coefficient (Wildman–Crippen LogP) is 2.75. The molecule has 1 aromatic carbocycles. The molecule has 6 heteroatoms. The lowest BCUT2D eigenvalue weighted by Crippen LogP contribution is -2.10. The van der Waals surface area contributed by atoms with Crippen LogP contribution in [-0.4, -0.2) is 24.8 Å². The van der Waals surface area contributed by atoms with Crippen molar-refractivity contribution in [3.05, 3.63) is 48.2 Å². The first-order valence-corrected chi connectivity index (χ1v) is 8.51. The molecule has 1 unspecified atom stereocenters. The lowest BCUT2D eigenvalue weighted by Gasteiger charge is -2.19. The molecule has 0 spiro atoms. The number of phenolic OH excluding ortho intramolecular Hbond substituents is 1. The fourth-order valence-electron chi connectivity index (χ4n) is 2.07. The van der Waals surface area contributed by atoms with Gasteiger partial charge in [-0.1, -0.05) is 25.1 Å². The molecule has 0 radical (unpaired) electrons. The Hall–Kier alpha value is -2.08. The average molecular weight is 306 g/mol. The van der Waals surface area contributed by atoms with Gasteiger partial charge in [-0.2, -0.15) is 0 Å². The number of hydrogen-bond donors (Lipinski definition) is 2. The van der Waals surface area contributed by atoms with Crippen molar-refractivity contribution >= 4 is 15.5 Å². The van der Waals surface area contributed by atoms with Crippen molar-refractivity contribution in [2.45, 2.75) is 24.4 Å². The molecule has 2 N–H and O–H groups in total. The summed E-state index contributed by atoms with van der Waals surface area (Å²) >= 11 is 0. The number of nitrogens with one attached hydrogen (secondary N) is 1. The van der Waals surface area contributed by atoms with Gasteiger partial charge in [0, 0.05) is 11.8 Å². The SMILES string of the molecule is CCC(Nc1ccc(S(C)(=O)=O)nc1)c1ccccc1O. The van der Waals surface area contributed by atoms with Crippen LogP contribution < -0.4 is 5.32 Å². The minimum atomic E-state index is -3.29. The zero-order valence-corrected chi connectivity index (χ0v) is 12.8. The van der Waals surface area contributed by atoms with Crippen molar-refractivity contribution in [3.63, 3.8) is 0 Å². The van der Waals surface area contributed by atoms with Gasteiger partial charge in [0.15, 0.2) is 14.9 Å². The van der Waals surface area contributed by atoms with E-state index in [2.05, 4.69) is 10.3 Å². The summed E-state index contributed by atoms with van der Waals surface area (Å²) in [4.78, 5) is 3.94. The first kappa shape index (κ1) is 15.3. The first-order valence-electron chi connectivity index (χ1n) is 6.62. The van der Waals surface area contributed by atoms with Crippen LogP contribution >= 0.6 is 0 Å². The maximum atomic E-state index is 11.4. The molecule has 0 aliphatic rings. The van der Waals surface area contributed by atoms with Crippen molar-refractivity contribution in [1.29, 1.82) is 0 Å². The Morgan fingerprint density at radius 2 is 1.95 bits per heavy atom. The Kier molecular flexibility index (Phi) is 4.47. The molecule has 0 aliphatic carbocycles. The molecule has 0 bridgehead atoms. The van der Waals surface area contributed by atoms with Gasteiger partial charge < -0.3 is 10.4 Å².